The predicted octanol–water partition coefficient (Wildman–Crippen LogP) is 2.87. The number of carbonyl (C=O) groups excluding carboxylic acids is 1. The molecule has 1 aromatic heterocycles. The van der Waals surface area contributed by atoms with Gasteiger partial charge in [-0.1, -0.05) is 42.5 Å². The molecule has 2 N–H and O–H groups in total. The second-order valence-corrected chi connectivity index (χ2v) is 6.91. The summed E-state index contributed by atoms with van der Waals surface area (Å²) in [5, 5.41) is 11.0. The SMILES string of the molecule is CC(C)Oc1cccc(-c2nnc(CCC(=O)NCc3ccccc3)c(=O)[nH]2)c1. The van der Waals surface area contributed by atoms with E-state index < -0.39 is 0 Å². The summed E-state index contributed by atoms with van der Waals surface area (Å²) >= 11 is 0. The number of benzene rings is 2. The molecule has 29 heavy (non-hydrogen) atoms. The quantitative estimate of drug-likeness (QED) is 0.614. The molecule has 1 heterocycles. The lowest BCUT2D eigenvalue weighted by molar-refractivity contribution is -0.121. The first-order valence-corrected chi connectivity index (χ1v) is 9.55. The Kier molecular flexibility index (Phi) is 6.73. The van der Waals surface area contributed by atoms with E-state index in [1.807, 2.05) is 62.4 Å². The summed E-state index contributed by atoms with van der Waals surface area (Å²) in [4.78, 5) is 27.1. The van der Waals surface area contributed by atoms with Gasteiger partial charge >= 0.3 is 0 Å². The van der Waals surface area contributed by atoms with Crippen LogP contribution in [0, 0.1) is 0 Å². The van der Waals surface area contributed by atoms with Crippen LogP contribution in [0.1, 0.15) is 31.5 Å². The zero-order valence-electron chi connectivity index (χ0n) is 16.5. The fourth-order valence-electron chi connectivity index (χ4n) is 2.76. The third-order valence-electron chi connectivity index (χ3n) is 4.17. The van der Waals surface area contributed by atoms with Crippen LogP contribution in [0.25, 0.3) is 11.4 Å². The third kappa shape index (κ3) is 6.00. The number of rotatable bonds is 8. The minimum atomic E-state index is -0.346. The molecule has 0 aliphatic heterocycles. The molecule has 0 atom stereocenters. The Morgan fingerprint density at radius 1 is 1.10 bits per heavy atom. The Balaban J connectivity index is 1.59. The molecule has 0 fully saturated rings. The van der Waals surface area contributed by atoms with E-state index in [0.717, 1.165) is 5.56 Å². The lowest BCUT2D eigenvalue weighted by atomic mass is 10.2. The normalized spacial score (nSPS) is 10.7. The van der Waals surface area contributed by atoms with Crippen molar-refractivity contribution in [3.05, 3.63) is 76.2 Å². The van der Waals surface area contributed by atoms with Gasteiger partial charge in [0, 0.05) is 24.9 Å². The summed E-state index contributed by atoms with van der Waals surface area (Å²) in [6, 6.07) is 16.9. The first-order valence-electron chi connectivity index (χ1n) is 9.55. The van der Waals surface area contributed by atoms with Crippen LogP contribution in [0.2, 0.25) is 0 Å². The Morgan fingerprint density at radius 2 is 1.90 bits per heavy atom. The molecule has 0 aliphatic carbocycles. The minimum Gasteiger partial charge on any atom is -0.491 e. The van der Waals surface area contributed by atoms with E-state index in [-0.39, 0.29) is 36.1 Å². The number of H-pyrrole nitrogens is 1. The molecular formula is C22H24N4O3. The number of ether oxygens (including phenoxy) is 1. The average molecular weight is 392 g/mol. The van der Waals surface area contributed by atoms with Gasteiger partial charge in [0.2, 0.25) is 5.91 Å². The topological polar surface area (TPSA) is 97.0 Å². The van der Waals surface area contributed by atoms with Crippen LogP contribution in [0.15, 0.2) is 59.4 Å². The van der Waals surface area contributed by atoms with Crippen molar-refractivity contribution in [3.63, 3.8) is 0 Å². The van der Waals surface area contributed by atoms with Crippen molar-refractivity contribution in [1.29, 1.82) is 0 Å². The molecule has 0 bridgehead atoms. The first-order chi connectivity index (χ1) is 14.0. The van der Waals surface area contributed by atoms with E-state index >= 15 is 0 Å². The van der Waals surface area contributed by atoms with Crippen molar-refractivity contribution in [2.45, 2.75) is 39.3 Å². The molecule has 3 aromatic rings. The van der Waals surface area contributed by atoms with Gasteiger partial charge in [-0.2, -0.15) is 0 Å². The molecule has 0 aliphatic rings. The largest absolute Gasteiger partial charge is 0.491 e. The molecule has 0 spiro atoms. The summed E-state index contributed by atoms with van der Waals surface area (Å²) in [5.74, 6) is 0.915. The van der Waals surface area contributed by atoms with Gasteiger partial charge in [-0.25, -0.2) is 0 Å². The van der Waals surface area contributed by atoms with E-state index in [0.29, 0.717) is 23.7 Å². The molecule has 0 saturated carbocycles. The third-order valence-corrected chi connectivity index (χ3v) is 4.17. The van der Waals surface area contributed by atoms with E-state index in [1.165, 1.54) is 0 Å². The summed E-state index contributed by atoms with van der Waals surface area (Å²) in [6.45, 7) is 4.34. The number of hydrogen-bond acceptors (Lipinski definition) is 5. The van der Waals surface area contributed by atoms with Gasteiger partial charge in [0.25, 0.3) is 5.56 Å². The summed E-state index contributed by atoms with van der Waals surface area (Å²) in [7, 11) is 0. The summed E-state index contributed by atoms with van der Waals surface area (Å²) in [5.41, 5.74) is 1.62. The van der Waals surface area contributed by atoms with Crippen LogP contribution in [0.3, 0.4) is 0 Å². The number of aromatic amines is 1. The van der Waals surface area contributed by atoms with Crippen molar-refractivity contribution >= 4 is 5.91 Å². The van der Waals surface area contributed by atoms with Crippen molar-refractivity contribution in [1.82, 2.24) is 20.5 Å². The smallest absolute Gasteiger partial charge is 0.273 e. The monoisotopic (exact) mass is 392 g/mol. The maximum Gasteiger partial charge on any atom is 0.273 e. The van der Waals surface area contributed by atoms with Gasteiger partial charge in [0.05, 0.1) is 6.10 Å². The zero-order valence-corrected chi connectivity index (χ0v) is 16.5. The van der Waals surface area contributed by atoms with Gasteiger partial charge in [0.1, 0.15) is 11.4 Å². The molecule has 1 amide bonds. The second-order valence-electron chi connectivity index (χ2n) is 6.91. The lowest BCUT2D eigenvalue weighted by Gasteiger charge is -2.10. The Bertz CT molecular complexity index is 1020. The van der Waals surface area contributed by atoms with Crippen LogP contribution < -0.4 is 15.6 Å². The standard InChI is InChI=1S/C22H24N4O3/c1-15(2)29-18-10-6-9-17(13-18)21-24-22(28)19(25-26-21)11-12-20(27)23-14-16-7-4-3-5-8-16/h3-10,13,15H,11-12,14H2,1-2H3,(H,23,27)(H,24,26,28). The molecule has 7 nitrogen and oxygen atoms in total. The molecule has 3 rings (SSSR count). The summed E-state index contributed by atoms with van der Waals surface area (Å²) in [6.07, 6.45) is 0.437. The highest BCUT2D eigenvalue weighted by molar-refractivity contribution is 5.76. The highest BCUT2D eigenvalue weighted by atomic mass is 16.5. The summed E-state index contributed by atoms with van der Waals surface area (Å²) < 4.78 is 5.67. The van der Waals surface area contributed by atoms with E-state index in [4.69, 9.17) is 4.74 Å². The van der Waals surface area contributed by atoms with Gasteiger partial charge < -0.3 is 15.0 Å². The Morgan fingerprint density at radius 3 is 2.62 bits per heavy atom. The van der Waals surface area contributed by atoms with Crippen molar-refractivity contribution in [3.8, 4) is 17.1 Å². The fraction of sp³-hybridized carbons (Fsp3) is 0.273. The van der Waals surface area contributed by atoms with E-state index in [1.54, 1.807) is 6.07 Å². The molecule has 0 unspecified atom stereocenters. The number of nitrogens with zero attached hydrogens (tertiary/aromatic N) is 2. The number of carbonyl (C=O) groups is 1. The zero-order chi connectivity index (χ0) is 20.6. The highest BCUT2D eigenvalue weighted by Gasteiger charge is 2.10. The predicted molar refractivity (Wildman–Crippen MR) is 110 cm³/mol. The van der Waals surface area contributed by atoms with Gasteiger partial charge in [-0.05, 0) is 31.5 Å². The number of aromatic nitrogens is 3. The number of amides is 1. The fourth-order valence-corrected chi connectivity index (χ4v) is 2.76. The van der Waals surface area contributed by atoms with Crippen LogP contribution in [0.4, 0.5) is 0 Å². The Labute approximate surface area is 169 Å². The highest BCUT2D eigenvalue weighted by Crippen LogP contribution is 2.20. The minimum absolute atomic E-state index is 0.0470. The number of hydrogen-bond donors (Lipinski definition) is 2. The molecule has 0 radical (unpaired) electrons. The van der Waals surface area contributed by atoms with Crippen LogP contribution in [-0.2, 0) is 17.8 Å². The maximum atomic E-state index is 12.3. The molecule has 0 saturated heterocycles. The lowest BCUT2D eigenvalue weighted by Crippen LogP contribution is -2.25. The van der Waals surface area contributed by atoms with E-state index in [9.17, 15) is 9.59 Å². The van der Waals surface area contributed by atoms with Crippen molar-refractivity contribution in [2.24, 2.45) is 0 Å². The molecule has 150 valence electrons. The van der Waals surface area contributed by atoms with Crippen LogP contribution >= 0.6 is 0 Å². The first kappa shape index (κ1) is 20.3. The number of nitrogens with one attached hydrogen (secondary N) is 2. The Hall–Kier alpha value is -3.48. The molecular weight excluding hydrogens is 368 g/mol. The maximum absolute atomic E-state index is 12.3. The van der Waals surface area contributed by atoms with E-state index in [2.05, 4.69) is 20.5 Å². The van der Waals surface area contributed by atoms with Gasteiger partial charge in [-0.3, -0.25) is 9.59 Å². The molecule has 2 aromatic carbocycles. The van der Waals surface area contributed by atoms with Crippen molar-refractivity contribution in [2.75, 3.05) is 0 Å². The van der Waals surface area contributed by atoms with Crippen molar-refractivity contribution < 1.29 is 9.53 Å². The van der Waals surface area contributed by atoms with Gasteiger partial charge in [-0.15, -0.1) is 10.2 Å². The van der Waals surface area contributed by atoms with Gasteiger partial charge in [0.15, 0.2) is 5.82 Å². The average Bonchev–Trinajstić information content (AvgIpc) is 2.72. The van der Waals surface area contributed by atoms with Crippen LogP contribution in [0.5, 0.6) is 5.75 Å². The van der Waals surface area contributed by atoms with Crippen LogP contribution in [-0.4, -0.2) is 27.2 Å². The second kappa shape index (κ2) is 9.64. The molecule has 7 heteroatoms. The number of aryl methyl sites for hydroxylation is 1.